The number of aromatic nitrogens is 1. The summed E-state index contributed by atoms with van der Waals surface area (Å²) in [4.78, 5) is 67.4. The Balaban J connectivity index is 1.81. The highest BCUT2D eigenvalue weighted by atomic mass is 16.4. The summed E-state index contributed by atoms with van der Waals surface area (Å²) in [6.07, 6.45) is 2.28. The molecule has 186 valence electrons. The Morgan fingerprint density at radius 3 is 2.54 bits per heavy atom. The molecule has 1 aliphatic rings. The Morgan fingerprint density at radius 2 is 1.89 bits per heavy atom. The number of amides is 3. The first kappa shape index (κ1) is 25.8. The van der Waals surface area contributed by atoms with Crippen LogP contribution in [0.1, 0.15) is 50.5 Å². The van der Waals surface area contributed by atoms with Gasteiger partial charge in [-0.2, -0.15) is 0 Å². The van der Waals surface area contributed by atoms with Gasteiger partial charge in [-0.3, -0.25) is 24.2 Å². The molecule has 0 spiro atoms. The number of carboxylic acids is 1. The Kier molecular flexibility index (Phi) is 7.83. The van der Waals surface area contributed by atoms with Crippen LogP contribution in [0.2, 0.25) is 0 Å². The number of hydrogen-bond acceptors (Lipinski definition) is 6. The molecule has 35 heavy (non-hydrogen) atoms. The van der Waals surface area contributed by atoms with Crippen molar-refractivity contribution in [1.29, 1.82) is 0 Å². The lowest BCUT2D eigenvalue weighted by atomic mass is 9.85. The molecule has 3 rings (SSSR count). The first-order valence-corrected chi connectivity index (χ1v) is 11.5. The van der Waals surface area contributed by atoms with Crippen LogP contribution in [0.3, 0.4) is 0 Å². The van der Waals surface area contributed by atoms with Crippen molar-refractivity contribution in [2.24, 2.45) is 5.41 Å². The molecule has 10 heteroatoms. The van der Waals surface area contributed by atoms with Gasteiger partial charge < -0.3 is 25.4 Å². The number of benzene rings is 1. The highest BCUT2D eigenvalue weighted by Gasteiger charge is 2.42. The average molecular weight is 483 g/mol. The van der Waals surface area contributed by atoms with Crippen LogP contribution in [0, 0.1) is 5.41 Å². The Bertz CT molecular complexity index is 1140. The maximum atomic E-state index is 13.6. The molecule has 3 atom stereocenters. The lowest BCUT2D eigenvalue weighted by Gasteiger charge is -2.35. The van der Waals surface area contributed by atoms with Gasteiger partial charge in [0.25, 0.3) is 5.91 Å². The molecule has 3 N–H and O–H groups in total. The second kappa shape index (κ2) is 10.6. The maximum Gasteiger partial charge on any atom is 0.305 e. The van der Waals surface area contributed by atoms with E-state index in [1.54, 1.807) is 18.2 Å². The molecule has 0 bridgehead atoms. The summed E-state index contributed by atoms with van der Waals surface area (Å²) in [6, 6.07) is 6.10. The molecule has 1 saturated heterocycles. The van der Waals surface area contributed by atoms with Crippen molar-refractivity contribution in [3.05, 3.63) is 42.2 Å². The van der Waals surface area contributed by atoms with E-state index in [9.17, 15) is 24.0 Å². The van der Waals surface area contributed by atoms with Crippen molar-refractivity contribution in [1.82, 2.24) is 20.5 Å². The molecule has 2 heterocycles. The quantitative estimate of drug-likeness (QED) is 0.484. The summed E-state index contributed by atoms with van der Waals surface area (Å²) in [7, 11) is 0. The fraction of sp³-hybridized carbons (Fsp3) is 0.440. The Morgan fingerprint density at radius 1 is 1.17 bits per heavy atom. The highest BCUT2D eigenvalue weighted by molar-refractivity contribution is 6.06. The third kappa shape index (κ3) is 6.00. The fourth-order valence-electron chi connectivity index (χ4n) is 4.22. The minimum Gasteiger partial charge on any atom is -0.481 e. The number of nitrogens with zero attached hydrogens (tertiary/aromatic N) is 2. The van der Waals surface area contributed by atoms with Gasteiger partial charge in [0, 0.05) is 18.1 Å². The Hall–Kier alpha value is -3.82. The van der Waals surface area contributed by atoms with Crippen LogP contribution < -0.4 is 10.6 Å². The van der Waals surface area contributed by atoms with Crippen molar-refractivity contribution >= 4 is 40.7 Å². The molecule has 10 nitrogen and oxygen atoms in total. The van der Waals surface area contributed by atoms with E-state index in [1.807, 2.05) is 32.9 Å². The molecule has 0 saturated carbocycles. The first-order chi connectivity index (χ1) is 16.5. The predicted octanol–water partition coefficient (Wildman–Crippen LogP) is 1.53. The van der Waals surface area contributed by atoms with E-state index >= 15 is 0 Å². The van der Waals surface area contributed by atoms with E-state index in [4.69, 9.17) is 5.11 Å². The van der Waals surface area contributed by atoms with Crippen LogP contribution in [0.5, 0.6) is 0 Å². The fourth-order valence-corrected chi connectivity index (χ4v) is 4.22. The molecule has 1 aromatic carbocycles. The topological polar surface area (TPSA) is 146 Å². The number of rotatable bonds is 8. The largest absolute Gasteiger partial charge is 0.481 e. The third-order valence-corrected chi connectivity index (χ3v) is 6.00. The van der Waals surface area contributed by atoms with Gasteiger partial charge in [-0.15, -0.1) is 0 Å². The van der Waals surface area contributed by atoms with Gasteiger partial charge in [-0.25, -0.2) is 0 Å². The van der Waals surface area contributed by atoms with Crippen LogP contribution in [-0.2, 0) is 19.2 Å². The molecule has 0 unspecified atom stereocenters. The number of nitrogens with one attached hydrogen (secondary N) is 2. The number of hydrogen-bond donors (Lipinski definition) is 3. The number of carbonyl (C=O) groups is 5. The van der Waals surface area contributed by atoms with E-state index < -0.39 is 53.7 Å². The van der Waals surface area contributed by atoms with Crippen LogP contribution in [0.4, 0.5) is 0 Å². The molecule has 1 fully saturated rings. The van der Waals surface area contributed by atoms with Gasteiger partial charge in [0.15, 0.2) is 0 Å². The SMILES string of the molecule is CC(C)(C)[C@H](NC(=O)c1nccc2ccccc12)C(=O)N1CCC[C@H]1C(=O)N[C@H](C=O)CC(=O)O. The summed E-state index contributed by atoms with van der Waals surface area (Å²) >= 11 is 0. The minimum atomic E-state index is -1.22. The normalized spacial score (nSPS) is 17.5. The standard InChI is InChI=1S/C25H30N4O6/c1-25(2,3)21(28-23(34)20-17-8-5-4-7-15(17)10-11-26-20)24(35)29-12-6-9-18(29)22(33)27-16(14-30)13-19(31)32/h4-5,7-8,10-11,14,16,18,21H,6,9,12-13H2,1-3H3,(H,27,33)(H,28,34)(H,31,32)/t16-,18-,21+/m0/s1. The molecule has 1 aliphatic heterocycles. The Labute approximate surface area is 203 Å². The van der Waals surface area contributed by atoms with Gasteiger partial charge >= 0.3 is 5.97 Å². The average Bonchev–Trinajstić information content (AvgIpc) is 3.30. The van der Waals surface area contributed by atoms with Crippen molar-refractivity contribution in [2.45, 2.75) is 58.2 Å². The molecule has 1 aromatic heterocycles. The minimum absolute atomic E-state index is 0.198. The third-order valence-electron chi connectivity index (χ3n) is 6.00. The van der Waals surface area contributed by atoms with E-state index in [-0.39, 0.29) is 5.69 Å². The summed E-state index contributed by atoms with van der Waals surface area (Å²) in [6.45, 7) is 5.74. The van der Waals surface area contributed by atoms with E-state index in [2.05, 4.69) is 15.6 Å². The summed E-state index contributed by atoms with van der Waals surface area (Å²) < 4.78 is 0. The zero-order valence-electron chi connectivity index (χ0n) is 20.0. The number of likely N-dealkylation sites (tertiary alicyclic amines) is 1. The number of carbonyl (C=O) groups excluding carboxylic acids is 4. The molecular formula is C25H30N4O6. The van der Waals surface area contributed by atoms with Crippen molar-refractivity contribution < 1.29 is 29.1 Å². The second-order valence-corrected chi connectivity index (χ2v) is 9.69. The summed E-state index contributed by atoms with van der Waals surface area (Å²) in [5.41, 5.74) is -0.487. The highest BCUT2D eigenvalue weighted by Crippen LogP contribution is 2.27. The van der Waals surface area contributed by atoms with Crippen LogP contribution in [0.25, 0.3) is 10.8 Å². The predicted molar refractivity (Wildman–Crippen MR) is 127 cm³/mol. The number of pyridine rings is 1. The summed E-state index contributed by atoms with van der Waals surface area (Å²) in [5, 5.41) is 15.6. The monoisotopic (exact) mass is 482 g/mol. The van der Waals surface area contributed by atoms with Crippen LogP contribution >= 0.6 is 0 Å². The van der Waals surface area contributed by atoms with Crippen molar-refractivity contribution in [3.63, 3.8) is 0 Å². The molecular weight excluding hydrogens is 452 g/mol. The van der Waals surface area contributed by atoms with Gasteiger partial charge in [0.1, 0.15) is 24.1 Å². The molecule has 2 aromatic rings. The summed E-state index contributed by atoms with van der Waals surface area (Å²) in [5.74, 6) is -2.74. The zero-order chi connectivity index (χ0) is 25.8. The smallest absolute Gasteiger partial charge is 0.305 e. The molecule has 0 aliphatic carbocycles. The van der Waals surface area contributed by atoms with Gasteiger partial charge in [0.2, 0.25) is 11.8 Å². The van der Waals surface area contributed by atoms with Crippen molar-refractivity contribution in [3.8, 4) is 0 Å². The zero-order valence-corrected chi connectivity index (χ0v) is 20.0. The number of aliphatic carboxylic acids is 1. The lowest BCUT2D eigenvalue weighted by Crippen LogP contribution is -2.58. The number of fused-ring (bicyclic) bond motifs is 1. The lowest BCUT2D eigenvalue weighted by molar-refractivity contribution is -0.143. The van der Waals surface area contributed by atoms with Crippen LogP contribution in [0.15, 0.2) is 36.5 Å². The second-order valence-electron chi connectivity index (χ2n) is 9.69. The number of carboxylic acid groups (broad SMARTS) is 1. The van der Waals surface area contributed by atoms with Crippen LogP contribution in [-0.4, -0.2) is 69.6 Å². The van der Waals surface area contributed by atoms with E-state index in [0.29, 0.717) is 31.1 Å². The van der Waals surface area contributed by atoms with Gasteiger partial charge in [-0.05, 0) is 29.7 Å². The van der Waals surface area contributed by atoms with Crippen molar-refractivity contribution in [2.75, 3.05) is 6.54 Å². The van der Waals surface area contributed by atoms with Gasteiger partial charge in [0.05, 0.1) is 12.5 Å². The maximum absolute atomic E-state index is 13.6. The van der Waals surface area contributed by atoms with E-state index in [0.717, 1.165) is 5.39 Å². The van der Waals surface area contributed by atoms with Gasteiger partial charge in [-0.1, -0.05) is 45.0 Å². The molecule has 3 amide bonds. The number of aldehydes is 1. The van der Waals surface area contributed by atoms with E-state index in [1.165, 1.54) is 11.1 Å². The first-order valence-electron chi connectivity index (χ1n) is 11.5. The molecule has 0 radical (unpaired) electrons.